The highest BCUT2D eigenvalue weighted by Gasteiger charge is 2.21. The number of nitrogens with zero attached hydrogens (tertiary/aromatic N) is 2. The Bertz CT molecular complexity index is 2810. The van der Waals surface area contributed by atoms with E-state index < -0.39 is 0 Å². The molecule has 1 aliphatic carbocycles. The molecule has 0 aliphatic heterocycles. The molecule has 0 amide bonds. The largest absolute Gasteiger partial charge is 0.291 e. The van der Waals surface area contributed by atoms with Crippen molar-refractivity contribution in [3.63, 3.8) is 0 Å². The average Bonchev–Trinajstić information content (AvgIpc) is 3.59. The fourth-order valence-electron chi connectivity index (χ4n) is 7.73. The number of benzene rings is 7. The van der Waals surface area contributed by atoms with Crippen molar-refractivity contribution in [3.8, 4) is 33.6 Å². The van der Waals surface area contributed by atoms with Crippen LogP contribution in [0.5, 0.6) is 0 Å². The maximum Gasteiger partial charge on any atom is 0.146 e. The summed E-state index contributed by atoms with van der Waals surface area (Å²) < 4.78 is 2.40. The van der Waals surface area contributed by atoms with E-state index >= 15 is 0 Å². The fourth-order valence-corrected chi connectivity index (χ4v) is 7.73. The minimum absolute atomic E-state index is 0.971. The van der Waals surface area contributed by atoms with Crippen molar-refractivity contribution < 1.29 is 0 Å². The highest BCUT2D eigenvalue weighted by atomic mass is 15.0. The second-order valence-electron chi connectivity index (χ2n) is 13.1. The fraction of sp³-hybridized carbons (Fsp3) is 0.0426. The van der Waals surface area contributed by atoms with Gasteiger partial charge in [0, 0.05) is 21.9 Å². The van der Waals surface area contributed by atoms with Crippen LogP contribution in [0.3, 0.4) is 0 Å². The summed E-state index contributed by atoms with van der Waals surface area (Å²) in [6, 6.07) is 55.4. The molecule has 9 aromatic rings. The Labute approximate surface area is 284 Å². The van der Waals surface area contributed by atoms with Crippen molar-refractivity contribution >= 4 is 54.4 Å². The highest BCUT2D eigenvalue weighted by molar-refractivity contribution is 6.14. The summed E-state index contributed by atoms with van der Waals surface area (Å²) in [7, 11) is 0. The van der Waals surface area contributed by atoms with E-state index in [1.54, 1.807) is 0 Å². The van der Waals surface area contributed by atoms with Crippen LogP contribution in [0.4, 0.5) is 0 Å². The van der Waals surface area contributed by atoms with Gasteiger partial charge in [-0.25, -0.2) is 4.98 Å². The zero-order valence-electron chi connectivity index (χ0n) is 27.0. The molecule has 1 aliphatic rings. The van der Waals surface area contributed by atoms with Gasteiger partial charge >= 0.3 is 0 Å². The molecule has 2 heterocycles. The Hall–Kier alpha value is -6.25. The van der Waals surface area contributed by atoms with E-state index in [4.69, 9.17) is 4.98 Å². The molecule has 10 rings (SSSR count). The first kappa shape index (κ1) is 27.8. The summed E-state index contributed by atoms with van der Waals surface area (Å²) in [4.78, 5) is 5.54. The Balaban J connectivity index is 1.24. The van der Waals surface area contributed by atoms with Gasteiger partial charge in [-0.1, -0.05) is 140 Å². The normalized spacial score (nSPS) is 13.2. The second-order valence-corrected chi connectivity index (χ2v) is 13.1. The third kappa shape index (κ3) is 4.60. The number of aromatic nitrogens is 2. The van der Waals surface area contributed by atoms with Gasteiger partial charge in [0.2, 0.25) is 0 Å². The van der Waals surface area contributed by atoms with Gasteiger partial charge in [0.05, 0.1) is 16.9 Å². The average molecular weight is 625 g/mol. The molecule has 2 heteroatoms. The molecule has 0 N–H and O–H groups in total. The van der Waals surface area contributed by atoms with Crippen LogP contribution in [0.25, 0.3) is 88.1 Å². The van der Waals surface area contributed by atoms with E-state index in [2.05, 4.69) is 174 Å². The molecule has 2 nitrogen and oxygen atoms in total. The van der Waals surface area contributed by atoms with Crippen LogP contribution in [-0.2, 0) is 0 Å². The second kappa shape index (κ2) is 11.2. The molecular weight excluding hydrogens is 593 g/mol. The van der Waals surface area contributed by atoms with Crippen LogP contribution in [0.15, 0.2) is 170 Å². The molecule has 0 fully saturated rings. The lowest BCUT2D eigenvalue weighted by Crippen LogP contribution is -1.95. The smallest absolute Gasteiger partial charge is 0.146 e. The van der Waals surface area contributed by atoms with E-state index in [-0.39, 0.29) is 0 Å². The van der Waals surface area contributed by atoms with Crippen molar-refractivity contribution in [2.24, 2.45) is 0 Å². The van der Waals surface area contributed by atoms with Crippen molar-refractivity contribution in [1.29, 1.82) is 0 Å². The summed E-state index contributed by atoms with van der Waals surface area (Å²) in [6.45, 7) is 0. The zero-order valence-corrected chi connectivity index (χ0v) is 27.0. The number of pyridine rings is 1. The molecule has 0 spiro atoms. The highest BCUT2D eigenvalue weighted by Crippen LogP contribution is 2.41. The van der Waals surface area contributed by atoms with E-state index in [0.29, 0.717) is 0 Å². The van der Waals surface area contributed by atoms with Gasteiger partial charge in [0.15, 0.2) is 0 Å². The minimum Gasteiger partial charge on any atom is -0.291 e. The summed E-state index contributed by atoms with van der Waals surface area (Å²) >= 11 is 0. The molecule has 230 valence electrons. The number of allylic oxidation sites excluding steroid dienone is 4. The van der Waals surface area contributed by atoms with Crippen molar-refractivity contribution in [2.45, 2.75) is 12.8 Å². The maximum atomic E-state index is 5.54. The van der Waals surface area contributed by atoms with Crippen molar-refractivity contribution in [3.05, 3.63) is 175 Å². The minimum atomic E-state index is 0.971. The van der Waals surface area contributed by atoms with Gasteiger partial charge in [-0.05, 0) is 92.4 Å². The number of para-hydroxylation sites is 1. The zero-order chi connectivity index (χ0) is 32.3. The number of hydrogen-bond acceptors (Lipinski definition) is 1. The van der Waals surface area contributed by atoms with Crippen LogP contribution >= 0.6 is 0 Å². The van der Waals surface area contributed by atoms with E-state index in [0.717, 1.165) is 51.9 Å². The van der Waals surface area contributed by atoms with Gasteiger partial charge in [0.1, 0.15) is 5.65 Å². The lowest BCUT2D eigenvalue weighted by Gasteiger charge is -2.14. The molecule has 2 aromatic heterocycles. The molecule has 0 saturated heterocycles. The van der Waals surface area contributed by atoms with E-state index in [9.17, 15) is 0 Å². The molecule has 7 aromatic carbocycles. The Morgan fingerprint density at radius 1 is 0.469 bits per heavy atom. The SMILES string of the molecule is C1=CCCC(c2ccc(-c3ccc4c(c3)c3ccccc3n3c(-c5ccc6ccccc6c5)c(-c5ccc6ccccc6c5)nc43)cc2)=C1. The quantitative estimate of drug-likeness (QED) is 0.178. The third-order valence-corrected chi connectivity index (χ3v) is 10.2. The van der Waals surface area contributed by atoms with Crippen LogP contribution in [-0.4, -0.2) is 9.38 Å². The van der Waals surface area contributed by atoms with Crippen LogP contribution < -0.4 is 0 Å². The first-order valence-electron chi connectivity index (χ1n) is 17.1. The number of hydrogen-bond donors (Lipinski definition) is 0. The first-order valence-corrected chi connectivity index (χ1v) is 17.1. The maximum absolute atomic E-state index is 5.54. The molecule has 0 unspecified atom stereocenters. The van der Waals surface area contributed by atoms with Gasteiger partial charge in [-0.2, -0.15) is 0 Å². The molecule has 0 atom stereocenters. The molecule has 49 heavy (non-hydrogen) atoms. The standard InChI is InChI=1S/C47H32N2/c1-2-10-31(11-3-1)34-18-20-35(21-19-34)38-26-27-42-43(30-38)41-16-8-9-17-44(41)49-46(40-25-23-33-13-5-7-15-37(33)29-40)45(48-47(42)49)39-24-22-32-12-4-6-14-36(32)28-39/h1-2,4-10,12-30H,3,11H2. The third-order valence-electron chi connectivity index (χ3n) is 10.2. The monoisotopic (exact) mass is 624 g/mol. The summed E-state index contributed by atoms with van der Waals surface area (Å²) in [5.74, 6) is 0. The van der Waals surface area contributed by atoms with Gasteiger partial charge < -0.3 is 0 Å². The predicted octanol–water partition coefficient (Wildman–Crippen LogP) is 12.7. The molecular formula is C47H32N2. The first-order chi connectivity index (χ1) is 24.3. The van der Waals surface area contributed by atoms with Gasteiger partial charge in [0.25, 0.3) is 0 Å². The van der Waals surface area contributed by atoms with Crippen LogP contribution in [0, 0.1) is 0 Å². The summed E-state index contributed by atoms with van der Waals surface area (Å²) in [6.07, 6.45) is 8.87. The van der Waals surface area contributed by atoms with Gasteiger partial charge in [-0.3, -0.25) is 4.40 Å². The predicted molar refractivity (Wildman–Crippen MR) is 208 cm³/mol. The van der Waals surface area contributed by atoms with Crippen molar-refractivity contribution in [2.75, 3.05) is 0 Å². The van der Waals surface area contributed by atoms with E-state index in [1.807, 2.05) is 0 Å². The topological polar surface area (TPSA) is 17.3 Å². The van der Waals surface area contributed by atoms with Gasteiger partial charge in [-0.15, -0.1) is 0 Å². The number of rotatable bonds is 4. The Morgan fingerprint density at radius 3 is 1.86 bits per heavy atom. The molecule has 0 radical (unpaired) electrons. The summed E-state index contributed by atoms with van der Waals surface area (Å²) in [5, 5.41) is 8.46. The molecule has 0 bridgehead atoms. The van der Waals surface area contributed by atoms with Crippen LogP contribution in [0.2, 0.25) is 0 Å². The Kier molecular flexibility index (Phi) is 6.35. The lowest BCUT2D eigenvalue weighted by molar-refractivity contribution is 1.05. The number of fused-ring (bicyclic) bond motifs is 8. The number of imidazole rings is 1. The Morgan fingerprint density at radius 2 is 1.10 bits per heavy atom. The van der Waals surface area contributed by atoms with Crippen molar-refractivity contribution in [1.82, 2.24) is 9.38 Å². The molecule has 0 saturated carbocycles. The van der Waals surface area contributed by atoms with E-state index in [1.165, 1.54) is 54.6 Å². The lowest BCUT2D eigenvalue weighted by atomic mass is 9.94. The summed E-state index contributed by atoms with van der Waals surface area (Å²) in [5.41, 5.74) is 11.6. The van der Waals surface area contributed by atoms with Crippen LogP contribution in [0.1, 0.15) is 18.4 Å².